The summed E-state index contributed by atoms with van der Waals surface area (Å²) in [6.07, 6.45) is 0. The maximum Gasteiger partial charge on any atom is 0.136 e. The first-order valence-corrected chi connectivity index (χ1v) is 6.48. The van der Waals surface area contributed by atoms with E-state index in [1.54, 1.807) is 0 Å². The Hall–Kier alpha value is -1.66. The average Bonchev–Trinajstić information content (AvgIpc) is 2.85. The molecule has 2 N–H and O–H groups in total. The van der Waals surface area contributed by atoms with Gasteiger partial charge in [0.25, 0.3) is 0 Å². The lowest BCUT2D eigenvalue weighted by Crippen LogP contribution is -2.02. The fraction of sp³-hybridized carbons (Fsp3) is 0.333. The minimum atomic E-state index is 0.0425. The van der Waals surface area contributed by atoms with Crippen LogP contribution in [0.5, 0.6) is 5.75 Å². The van der Waals surface area contributed by atoms with E-state index in [0.717, 1.165) is 28.6 Å². The SMILES string of the molecule is CCNc1snnc1COc1ccc(CO)cc1. The minimum absolute atomic E-state index is 0.0425. The summed E-state index contributed by atoms with van der Waals surface area (Å²) >= 11 is 1.33. The predicted octanol–water partition coefficient (Wildman–Crippen LogP) is 2.04. The second-order valence-corrected chi connectivity index (χ2v) is 4.42. The number of ether oxygens (including phenoxy) is 1. The molecule has 18 heavy (non-hydrogen) atoms. The van der Waals surface area contributed by atoms with Gasteiger partial charge in [-0.15, -0.1) is 5.10 Å². The Morgan fingerprint density at radius 3 is 2.78 bits per heavy atom. The van der Waals surface area contributed by atoms with Gasteiger partial charge >= 0.3 is 0 Å². The summed E-state index contributed by atoms with van der Waals surface area (Å²) in [5, 5.41) is 17.1. The summed E-state index contributed by atoms with van der Waals surface area (Å²) in [7, 11) is 0. The molecule has 96 valence electrons. The molecule has 2 aromatic rings. The first-order valence-electron chi connectivity index (χ1n) is 5.71. The van der Waals surface area contributed by atoms with E-state index < -0.39 is 0 Å². The standard InChI is InChI=1S/C12H15N3O2S/c1-2-13-12-11(14-15-18-12)8-17-10-5-3-9(7-16)4-6-10/h3-6,13,16H,2,7-8H2,1H3. The molecule has 0 atom stereocenters. The Balaban J connectivity index is 1.95. The van der Waals surface area contributed by atoms with Crippen LogP contribution in [0.3, 0.4) is 0 Å². The van der Waals surface area contributed by atoms with Crippen molar-refractivity contribution in [3.05, 3.63) is 35.5 Å². The highest BCUT2D eigenvalue weighted by molar-refractivity contribution is 7.10. The van der Waals surface area contributed by atoms with Crippen LogP contribution in [-0.2, 0) is 13.2 Å². The molecule has 0 unspecified atom stereocenters. The number of nitrogens with one attached hydrogen (secondary N) is 1. The summed E-state index contributed by atoms with van der Waals surface area (Å²) in [4.78, 5) is 0. The Labute approximate surface area is 110 Å². The number of aliphatic hydroxyl groups excluding tert-OH is 1. The first kappa shape index (κ1) is 12.8. The fourth-order valence-corrected chi connectivity index (χ4v) is 2.08. The molecule has 0 fully saturated rings. The lowest BCUT2D eigenvalue weighted by Gasteiger charge is -2.06. The third kappa shape index (κ3) is 3.18. The largest absolute Gasteiger partial charge is 0.487 e. The molecule has 0 saturated heterocycles. The summed E-state index contributed by atoms with van der Waals surface area (Å²) in [5.41, 5.74) is 1.68. The molecule has 0 aliphatic heterocycles. The lowest BCUT2D eigenvalue weighted by atomic mass is 10.2. The Kier molecular flexibility index (Phi) is 4.49. The number of nitrogens with zero attached hydrogens (tertiary/aromatic N) is 2. The highest BCUT2D eigenvalue weighted by Gasteiger charge is 2.07. The molecular weight excluding hydrogens is 250 g/mol. The van der Waals surface area contributed by atoms with Crippen LogP contribution in [-0.4, -0.2) is 21.2 Å². The zero-order valence-corrected chi connectivity index (χ0v) is 10.9. The third-order valence-corrected chi connectivity index (χ3v) is 3.10. The Morgan fingerprint density at radius 2 is 2.11 bits per heavy atom. The van der Waals surface area contributed by atoms with Crippen molar-refractivity contribution in [3.8, 4) is 5.75 Å². The summed E-state index contributed by atoms with van der Waals surface area (Å²) in [6.45, 7) is 3.29. The van der Waals surface area contributed by atoms with Gasteiger partial charge in [-0.25, -0.2) is 0 Å². The van der Waals surface area contributed by atoms with Crippen LogP contribution < -0.4 is 10.1 Å². The molecule has 2 rings (SSSR count). The van der Waals surface area contributed by atoms with Crippen molar-refractivity contribution in [2.24, 2.45) is 0 Å². The first-order chi connectivity index (χ1) is 8.83. The molecule has 1 heterocycles. The number of benzene rings is 1. The van der Waals surface area contributed by atoms with Gasteiger partial charge in [0.2, 0.25) is 0 Å². The minimum Gasteiger partial charge on any atom is -0.487 e. The number of hydrogen-bond acceptors (Lipinski definition) is 6. The molecule has 0 radical (unpaired) electrons. The highest BCUT2D eigenvalue weighted by atomic mass is 32.1. The molecule has 5 nitrogen and oxygen atoms in total. The van der Waals surface area contributed by atoms with Gasteiger partial charge in [-0.1, -0.05) is 16.6 Å². The number of hydrogen-bond donors (Lipinski definition) is 2. The second kappa shape index (κ2) is 6.32. The topological polar surface area (TPSA) is 67.3 Å². The van der Waals surface area contributed by atoms with E-state index in [4.69, 9.17) is 9.84 Å². The van der Waals surface area contributed by atoms with Crippen LogP contribution in [0, 0.1) is 0 Å². The van der Waals surface area contributed by atoms with Gasteiger partial charge in [0.05, 0.1) is 6.61 Å². The predicted molar refractivity (Wildman–Crippen MR) is 70.8 cm³/mol. The number of aliphatic hydroxyl groups is 1. The normalized spacial score (nSPS) is 10.3. The zero-order valence-electron chi connectivity index (χ0n) is 10.1. The summed E-state index contributed by atoms with van der Waals surface area (Å²) < 4.78 is 9.52. The maximum atomic E-state index is 8.94. The molecule has 0 amide bonds. The molecular formula is C12H15N3O2S. The Bertz CT molecular complexity index is 484. The van der Waals surface area contributed by atoms with Crippen molar-refractivity contribution >= 4 is 16.5 Å². The van der Waals surface area contributed by atoms with E-state index in [0.29, 0.717) is 6.61 Å². The van der Waals surface area contributed by atoms with Crippen LogP contribution in [0.2, 0.25) is 0 Å². The van der Waals surface area contributed by atoms with E-state index >= 15 is 0 Å². The van der Waals surface area contributed by atoms with Crippen LogP contribution in [0.1, 0.15) is 18.2 Å². The van der Waals surface area contributed by atoms with Crippen molar-refractivity contribution in [1.82, 2.24) is 9.59 Å². The fourth-order valence-electron chi connectivity index (χ4n) is 1.44. The number of rotatable bonds is 6. The molecule has 0 spiro atoms. The van der Waals surface area contributed by atoms with E-state index in [1.165, 1.54) is 11.5 Å². The molecule has 1 aromatic heterocycles. The van der Waals surface area contributed by atoms with E-state index in [-0.39, 0.29) is 6.61 Å². The van der Waals surface area contributed by atoms with Crippen molar-refractivity contribution < 1.29 is 9.84 Å². The van der Waals surface area contributed by atoms with Crippen molar-refractivity contribution in [1.29, 1.82) is 0 Å². The van der Waals surface area contributed by atoms with Crippen molar-refractivity contribution in [2.75, 3.05) is 11.9 Å². The highest BCUT2D eigenvalue weighted by Crippen LogP contribution is 2.20. The van der Waals surface area contributed by atoms with Crippen LogP contribution >= 0.6 is 11.5 Å². The molecule has 0 aliphatic rings. The van der Waals surface area contributed by atoms with Gasteiger partial charge in [0.1, 0.15) is 23.1 Å². The van der Waals surface area contributed by atoms with Crippen molar-refractivity contribution in [3.63, 3.8) is 0 Å². The molecule has 0 aliphatic carbocycles. The summed E-state index contributed by atoms with van der Waals surface area (Å²) in [5.74, 6) is 0.752. The molecule has 0 bridgehead atoms. The van der Waals surface area contributed by atoms with Crippen LogP contribution in [0.15, 0.2) is 24.3 Å². The third-order valence-electron chi connectivity index (χ3n) is 2.37. The second-order valence-electron chi connectivity index (χ2n) is 3.67. The van der Waals surface area contributed by atoms with E-state index in [2.05, 4.69) is 14.9 Å². The molecule has 6 heteroatoms. The molecule has 1 aromatic carbocycles. The summed E-state index contributed by atoms with van der Waals surface area (Å²) in [6, 6.07) is 7.33. The van der Waals surface area contributed by atoms with Gasteiger partial charge in [0.15, 0.2) is 0 Å². The van der Waals surface area contributed by atoms with Gasteiger partial charge in [-0.3, -0.25) is 0 Å². The number of aromatic nitrogens is 2. The average molecular weight is 265 g/mol. The Morgan fingerprint density at radius 1 is 1.33 bits per heavy atom. The molecule has 0 saturated carbocycles. The monoisotopic (exact) mass is 265 g/mol. The van der Waals surface area contributed by atoms with E-state index in [1.807, 2.05) is 31.2 Å². The van der Waals surface area contributed by atoms with Gasteiger partial charge < -0.3 is 15.2 Å². The van der Waals surface area contributed by atoms with Gasteiger partial charge in [-0.2, -0.15) is 0 Å². The smallest absolute Gasteiger partial charge is 0.136 e. The van der Waals surface area contributed by atoms with E-state index in [9.17, 15) is 0 Å². The van der Waals surface area contributed by atoms with Crippen LogP contribution in [0.4, 0.5) is 5.00 Å². The van der Waals surface area contributed by atoms with Crippen molar-refractivity contribution in [2.45, 2.75) is 20.1 Å². The zero-order chi connectivity index (χ0) is 12.8. The van der Waals surface area contributed by atoms with Crippen LogP contribution in [0.25, 0.3) is 0 Å². The lowest BCUT2D eigenvalue weighted by molar-refractivity contribution is 0.280. The number of anilines is 1. The maximum absolute atomic E-state index is 8.94. The van der Waals surface area contributed by atoms with Gasteiger partial charge in [-0.05, 0) is 24.6 Å². The van der Waals surface area contributed by atoms with Gasteiger partial charge in [0, 0.05) is 18.1 Å². The quantitative estimate of drug-likeness (QED) is 0.836.